The highest BCUT2D eigenvalue weighted by atomic mass is 16.7. The average molecular weight is 670 g/mol. The predicted octanol–water partition coefficient (Wildman–Crippen LogP) is -1.30. The van der Waals surface area contributed by atoms with Crippen LogP contribution in [0.4, 0.5) is 0 Å². The Labute approximate surface area is 277 Å². The lowest BCUT2D eigenvalue weighted by atomic mass is 9.88. The summed E-state index contributed by atoms with van der Waals surface area (Å²) in [7, 11) is 0. The average Bonchev–Trinajstić information content (AvgIpc) is 3.09. The Bertz CT molecular complexity index is 1460. The van der Waals surface area contributed by atoms with Gasteiger partial charge in [-0.15, -0.1) is 6.42 Å². The molecule has 0 saturated carbocycles. The maximum Gasteiger partial charge on any atom is 0.364 e. The van der Waals surface area contributed by atoms with Crippen molar-refractivity contribution >= 4 is 17.8 Å². The molecule has 6 atom stereocenters. The van der Waals surface area contributed by atoms with Crippen LogP contribution in [0.2, 0.25) is 0 Å². The van der Waals surface area contributed by atoms with Gasteiger partial charge in [0, 0.05) is 13.0 Å². The first-order valence-corrected chi connectivity index (χ1v) is 15.0. The number of carbonyl (C=O) groups excluding carboxylic acids is 2. The number of aliphatic carboxylic acids is 1. The molecule has 1 heterocycles. The van der Waals surface area contributed by atoms with Crippen LogP contribution in [0.3, 0.4) is 0 Å². The van der Waals surface area contributed by atoms with Gasteiger partial charge in [0.1, 0.15) is 25.4 Å². The fraction of sp³-hybridized carbons (Fsp3) is 0.455. The number of aliphatic hydroxyl groups is 4. The Kier molecular flexibility index (Phi) is 14.9. The molecule has 1 aliphatic rings. The smallest absolute Gasteiger partial charge is 0.364 e. The SMILES string of the molecule is C#CCOCCOCCO[C@]1(C(=O)O)C[C@H](O)[C@@H](NC(=O)CO)[C@H]([C@H](O)[C@H](O)CNC(=O)Cc2ccc(-c3cccc(C#N)c3)cc2)O1. The number of amides is 2. The van der Waals surface area contributed by atoms with E-state index in [1.54, 1.807) is 42.5 Å². The van der Waals surface area contributed by atoms with Crippen LogP contribution in [0.1, 0.15) is 17.5 Å². The van der Waals surface area contributed by atoms with E-state index < -0.39 is 73.6 Å². The third kappa shape index (κ3) is 10.8. The number of carbonyl (C=O) groups is 3. The first kappa shape index (κ1) is 38.0. The first-order chi connectivity index (χ1) is 23.0. The van der Waals surface area contributed by atoms with Gasteiger partial charge in [0.05, 0.1) is 62.7 Å². The fourth-order valence-corrected chi connectivity index (χ4v) is 4.95. The summed E-state index contributed by atoms with van der Waals surface area (Å²) in [6.07, 6.45) is -2.84. The van der Waals surface area contributed by atoms with E-state index in [-0.39, 0.29) is 39.5 Å². The number of carboxylic acid groups (broad SMARTS) is 1. The van der Waals surface area contributed by atoms with Gasteiger partial charge in [-0.1, -0.05) is 42.3 Å². The van der Waals surface area contributed by atoms with Crippen molar-refractivity contribution in [3.63, 3.8) is 0 Å². The highest BCUT2D eigenvalue weighted by molar-refractivity contribution is 5.79. The number of ether oxygens (including phenoxy) is 4. The van der Waals surface area contributed by atoms with Crippen molar-refractivity contribution in [2.24, 2.45) is 0 Å². The Morgan fingerprint density at radius 2 is 1.75 bits per heavy atom. The van der Waals surface area contributed by atoms with E-state index in [0.29, 0.717) is 11.1 Å². The maximum absolute atomic E-state index is 12.7. The minimum atomic E-state index is -2.51. The molecule has 0 bridgehead atoms. The molecule has 3 rings (SSSR count). The molecule has 7 N–H and O–H groups in total. The van der Waals surface area contributed by atoms with Crippen LogP contribution in [0.5, 0.6) is 0 Å². The third-order valence-electron chi connectivity index (χ3n) is 7.37. The monoisotopic (exact) mass is 669 g/mol. The standard InChI is InChI=1S/C33H39N3O12/c1-2-10-45-11-12-46-13-14-47-33(32(43)44)17-25(38)29(36-28(41)20-37)31(48-33)30(42)26(39)19-35-27(40)16-21-6-8-23(9-7-21)24-5-3-4-22(15-24)18-34/h1,3-9,15,25-26,29-31,37-39,42H,10-14,16-17,19-20H2,(H,35,40)(H,36,41)(H,43,44)/t25-,26+,29+,30+,31+,33+/m0/s1. The zero-order valence-corrected chi connectivity index (χ0v) is 26.0. The molecule has 0 spiro atoms. The van der Waals surface area contributed by atoms with Crippen LogP contribution < -0.4 is 10.6 Å². The van der Waals surface area contributed by atoms with E-state index in [1.165, 1.54) is 0 Å². The predicted molar refractivity (Wildman–Crippen MR) is 167 cm³/mol. The molecular weight excluding hydrogens is 630 g/mol. The van der Waals surface area contributed by atoms with Crippen molar-refractivity contribution in [3.8, 4) is 29.5 Å². The van der Waals surface area contributed by atoms with E-state index >= 15 is 0 Å². The van der Waals surface area contributed by atoms with Crippen molar-refractivity contribution in [2.75, 3.05) is 46.2 Å². The number of hydrogen-bond acceptors (Lipinski definition) is 12. The Morgan fingerprint density at radius 3 is 2.42 bits per heavy atom. The summed E-state index contributed by atoms with van der Waals surface area (Å²) < 4.78 is 21.5. The molecule has 15 nitrogen and oxygen atoms in total. The number of hydrogen-bond donors (Lipinski definition) is 7. The number of nitrogens with one attached hydrogen (secondary N) is 2. The molecule has 258 valence electrons. The third-order valence-corrected chi connectivity index (χ3v) is 7.37. The van der Waals surface area contributed by atoms with E-state index in [2.05, 4.69) is 22.6 Å². The Morgan fingerprint density at radius 1 is 1.04 bits per heavy atom. The Hall–Kier alpha value is -4.42. The number of benzene rings is 2. The summed E-state index contributed by atoms with van der Waals surface area (Å²) in [4.78, 5) is 37.0. The van der Waals surface area contributed by atoms with Crippen LogP contribution in [0.25, 0.3) is 11.1 Å². The van der Waals surface area contributed by atoms with Crippen LogP contribution in [0, 0.1) is 23.7 Å². The van der Waals surface area contributed by atoms with Gasteiger partial charge in [-0.3, -0.25) is 9.59 Å². The highest BCUT2D eigenvalue weighted by Crippen LogP contribution is 2.33. The van der Waals surface area contributed by atoms with E-state index in [0.717, 1.165) is 11.1 Å². The van der Waals surface area contributed by atoms with Crippen LogP contribution >= 0.6 is 0 Å². The Balaban J connectivity index is 1.63. The van der Waals surface area contributed by atoms with Gasteiger partial charge in [-0.05, 0) is 28.8 Å². The second-order valence-electron chi connectivity index (χ2n) is 10.8. The number of terminal acetylenes is 1. The molecule has 2 aromatic rings. The summed E-state index contributed by atoms with van der Waals surface area (Å²) in [5, 5.41) is 65.8. The summed E-state index contributed by atoms with van der Waals surface area (Å²) in [5.41, 5.74) is 2.82. The lowest BCUT2D eigenvalue weighted by Gasteiger charge is -2.46. The largest absolute Gasteiger partial charge is 0.477 e. The lowest BCUT2D eigenvalue weighted by molar-refractivity contribution is -0.312. The van der Waals surface area contributed by atoms with Crippen molar-refractivity contribution in [2.45, 2.75) is 49.1 Å². The summed E-state index contributed by atoms with van der Waals surface area (Å²) in [6, 6.07) is 14.7. The normalized spacial score (nSPS) is 21.7. The highest BCUT2D eigenvalue weighted by Gasteiger charge is 2.55. The van der Waals surface area contributed by atoms with Gasteiger partial charge in [0.25, 0.3) is 5.79 Å². The number of carboxylic acids is 1. The van der Waals surface area contributed by atoms with Crippen LogP contribution in [-0.2, 0) is 39.8 Å². The molecule has 48 heavy (non-hydrogen) atoms. The van der Waals surface area contributed by atoms with Crippen molar-refractivity contribution < 1.29 is 58.9 Å². The summed E-state index contributed by atoms with van der Waals surface area (Å²) in [5.74, 6) is -3.35. The van der Waals surface area contributed by atoms with E-state index in [1.807, 2.05) is 6.07 Å². The van der Waals surface area contributed by atoms with Gasteiger partial charge in [0.15, 0.2) is 0 Å². The van der Waals surface area contributed by atoms with Gasteiger partial charge < -0.3 is 55.1 Å². The maximum atomic E-state index is 12.7. The van der Waals surface area contributed by atoms with Crippen LogP contribution in [-0.4, -0.2) is 126 Å². The van der Waals surface area contributed by atoms with Crippen molar-refractivity contribution in [1.29, 1.82) is 5.26 Å². The molecule has 0 aromatic heterocycles. The van der Waals surface area contributed by atoms with Gasteiger partial charge in [-0.25, -0.2) is 4.79 Å². The van der Waals surface area contributed by atoms with E-state index in [4.69, 9.17) is 30.6 Å². The van der Waals surface area contributed by atoms with Gasteiger partial charge in [0.2, 0.25) is 11.8 Å². The molecule has 0 radical (unpaired) electrons. The molecule has 2 amide bonds. The molecule has 15 heteroatoms. The topological polar surface area (TPSA) is 237 Å². The van der Waals surface area contributed by atoms with E-state index in [9.17, 15) is 39.9 Å². The first-order valence-electron chi connectivity index (χ1n) is 15.0. The van der Waals surface area contributed by atoms with Crippen molar-refractivity contribution in [3.05, 3.63) is 59.7 Å². The van der Waals surface area contributed by atoms with Gasteiger partial charge in [-0.2, -0.15) is 5.26 Å². The van der Waals surface area contributed by atoms with Crippen molar-refractivity contribution in [1.82, 2.24) is 10.6 Å². The quantitative estimate of drug-likeness (QED) is 0.0723. The zero-order chi connectivity index (χ0) is 35.1. The molecule has 0 aliphatic carbocycles. The molecular formula is C33H39N3O12. The minimum Gasteiger partial charge on any atom is -0.477 e. The van der Waals surface area contributed by atoms with Crippen LogP contribution in [0.15, 0.2) is 48.5 Å². The number of aliphatic hydroxyl groups excluding tert-OH is 4. The second-order valence-corrected chi connectivity index (χ2v) is 10.8. The second kappa shape index (κ2) is 18.8. The molecule has 2 aromatic carbocycles. The zero-order valence-electron chi connectivity index (χ0n) is 26.0. The molecule has 1 saturated heterocycles. The summed E-state index contributed by atoms with van der Waals surface area (Å²) in [6.45, 7) is -1.51. The number of nitrogens with zero attached hydrogens (tertiary/aromatic N) is 1. The minimum absolute atomic E-state index is 0.0801. The number of nitriles is 1. The fourth-order valence-electron chi connectivity index (χ4n) is 4.95. The summed E-state index contributed by atoms with van der Waals surface area (Å²) >= 11 is 0. The van der Waals surface area contributed by atoms with Gasteiger partial charge >= 0.3 is 5.97 Å². The molecule has 1 fully saturated rings. The lowest BCUT2D eigenvalue weighted by Crippen LogP contribution is -2.68. The molecule has 0 unspecified atom stereocenters. The number of rotatable bonds is 18. The molecule has 1 aliphatic heterocycles.